The molecular weight excluding hydrogens is 259 g/mol. The van der Waals surface area contributed by atoms with Gasteiger partial charge >= 0.3 is 0 Å². The van der Waals surface area contributed by atoms with Gasteiger partial charge in [0, 0.05) is 6.61 Å². The van der Waals surface area contributed by atoms with Crippen LogP contribution >= 0.6 is 0 Å². The smallest absolute Gasteiger partial charge is 0.226 e. The van der Waals surface area contributed by atoms with Crippen LogP contribution in [0.3, 0.4) is 0 Å². The topological polar surface area (TPSA) is 64.3 Å². The minimum atomic E-state index is -0.416. The molecule has 5 heteroatoms. The molecule has 1 aliphatic carbocycles. The molecule has 0 bridgehead atoms. The lowest BCUT2D eigenvalue weighted by Gasteiger charge is -2.10. The maximum absolute atomic E-state index is 12.9. The Morgan fingerprint density at radius 2 is 2.15 bits per heavy atom. The summed E-state index contributed by atoms with van der Waals surface area (Å²) >= 11 is 0. The zero-order valence-corrected chi connectivity index (χ0v) is 11.5. The molecule has 0 radical (unpaired) electrons. The molecule has 1 fully saturated rings. The third-order valence-corrected chi connectivity index (χ3v) is 3.59. The monoisotopic (exact) mass is 280 g/mol. The molecule has 0 aromatic heterocycles. The summed E-state index contributed by atoms with van der Waals surface area (Å²) in [4.78, 5) is 11.7. The van der Waals surface area contributed by atoms with Gasteiger partial charge in [-0.05, 0) is 37.0 Å². The number of nitrogens with one attached hydrogen (secondary N) is 1. The zero-order valence-electron chi connectivity index (χ0n) is 11.5. The molecule has 1 amide bonds. The van der Waals surface area contributed by atoms with E-state index in [4.69, 9.17) is 10.5 Å². The molecule has 0 heterocycles. The van der Waals surface area contributed by atoms with Crippen LogP contribution in [0.5, 0.6) is 0 Å². The van der Waals surface area contributed by atoms with Gasteiger partial charge in [-0.25, -0.2) is 4.39 Å². The van der Waals surface area contributed by atoms with Crippen molar-refractivity contribution < 1.29 is 13.9 Å². The van der Waals surface area contributed by atoms with Crippen molar-refractivity contribution in [1.29, 1.82) is 0 Å². The number of nitrogen functional groups attached to an aromatic ring is 1. The molecule has 0 spiro atoms. The highest BCUT2D eigenvalue weighted by molar-refractivity contribution is 5.93. The van der Waals surface area contributed by atoms with Gasteiger partial charge in [0.2, 0.25) is 5.91 Å². The highest BCUT2D eigenvalue weighted by atomic mass is 19.1. The van der Waals surface area contributed by atoms with Crippen molar-refractivity contribution in [1.82, 2.24) is 0 Å². The fraction of sp³-hybridized carbons (Fsp3) is 0.533. The van der Waals surface area contributed by atoms with Crippen LogP contribution in [0.25, 0.3) is 0 Å². The second kappa shape index (κ2) is 7.24. The highest BCUT2D eigenvalue weighted by Crippen LogP contribution is 2.24. The quantitative estimate of drug-likeness (QED) is 0.622. The van der Waals surface area contributed by atoms with Crippen molar-refractivity contribution in [2.24, 2.45) is 5.92 Å². The summed E-state index contributed by atoms with van der Waals surface area (Å²) in [7, 11) is 0. The molecular formula is C15H21FN2O2. The molecule has 1 aromatic rings. The number of benzene rings is 1. The van der Waals surface area contributed by atoms with Crippen molar-refractivity contribution in [3.05, 3.63) is 24.0 Å². The van der Waals surface area contributed by atoms with E-state index in [9.17, 15) is 9.18 Å². The van der Waals surface area contributed by atoms with E-state index in [-0.39, 0.29) is 18.0 Å². The number of nitrogens with two attached hydrogens (primary N) is 1. The Labute approximate surface area is 118 Å². The van der Waals surface area contributed by atoms with Crippen molar-refractivity contribution >= 4 is 17.3 Å². The molecule has 1 aromatic carbocycles. The second-order valence-electron chi connectivity index (χ2n) is 5.26. The molecule has 0 aliphatic heterocycles. The maximum atomic E-state index is 12.9. The van der Waals surface area contributed by atoms with Gasteiger partial charge < -0.3 is 15.8 Å². The first-order chi connectivity index (χ1) is 9.65. The van der Waals surface area contributed by atoms with E-state index < -0.39 is 5.82 Å². The SMILES string of the molecule is Nc1cc(F)ccc1NC(=O)CCOCC1CCCC1. The summed E-state index contributed by atoms with van der Waals surface area (Å²) in [6.07, 6.45) is 5.33. The minimum Gasteiger partial charge on any atom is -0.397 e. The van der Waals surface area contributed by atoms with Gasteiger partial charge in [0.1, 0.15) is 5.82 Å². The van der Waals surface area contributed by atoms with Crippen LogP contribution in [0.2, 0.25) is 0 Å². The van der Waals surface area contributed by atoms with E-state index in [0.29, 0.717) is 18.2 Å². The molecule has 2 rings (SSSR count). The Hall–Kier alpha value is -1.62. The fourth-order valence-electron chi connectivity index (χ4n) is 2.45. The van der Waals surface area contributed by atoms with Crippen molar-refractivity contribution in [3.8, 4) is 0 Å². The molecule has 1 saturated carbocycles. The number of rotatable bonds is 6. The summed E-state index contributed by atoms with van der Waals surface area (Å²) in [6, 6.07) is 3.91. The molecule has 0 unspecified atom stereocenters. The normalized spacial score (nSPS) is 15.4. The van der Waals surface area contributed by atoms with Crippen LogP contribution in [0, 0.1) is 11.7 Å². The van der Waals surface area contributed by atoms with Gasteiger partial charge in [-0.2, -0.15) is 0 Å². The van der Waals surface area contributed by atoms with Crippen LogP contribution in [0.4, 0.5) is 15.8 Å². The summed E-state index contributed by atoms with van der Waals surface area (Å²) in [5, 5.41) is 2.66. The number of halogens is 1. The van der Waals surface area contributed by atoms with E-state index in [1.54, 1.807) is 0 Å². The maximum Gasteiger partial charge on any atom is 0.226 e. The number of carbonyl (C=O) groups is 1. The van der Waals surface area contributed by atoms with E-state index in [1.165, 1.54) is 43.9 Å². The number of ether oxygens (including phenoxy) is 1. The Morgan fingerprint density at radius 1 is 1.40 bits per heavy atom. The lowest BCUT2D eigenvalue weighted by atomic mass is 10.1. The third-order valence-electron chi connectivity index (χ3n) is 3.59. The number of amides is 1. The van der Waals surface area contributed by atoms with Gasteiger partial charge in [0.25, 0.3) is 0 Å². The molecule has 0 atom stereocenters. The minimum absolute atomic E-state index is 0.172. The van der Waals surface area contributed by atoms with Crippen LogP contribution in [-0.4, -0.2) is 19.1 Å². The second-order valence-corrected chi connectivity index (χ2v) is 5.26. The first kappa shape index (κ1) is 14.8. The Morgan fingerprint density at radius 3 is 2.85 bits per heavy atom. The lowest BCUT2D eigenvalue weighted by molar-refractivity contribution is -0.117. The van der Waals surface area contributed by atoms with Crippen LogP contribution in [-0.2, 0) is 9.53 Å². The Balaban J connectivity index is 1.67. The fourth-order valence-corrected chi connectivity index (χ4v) is 2.45. The molecule has 110 valence electrons. The average molecular weight is 280 g/mol. The molecule has 1 aliphatic rings. The van der Waals surface area contributed by atoms with Crippen molar-refractivity contribution in [3.63, 3.8) is 0 Å². The average Bonchev–Trinajstić information content (AvgIpc) is 2.91. The summed E-state index contributed by atoms with van der Waals surface area (Å²) in [6.45, 7) is 1.15. The van der Waals surface area contributed by atoms with Gasteiger partial charge in [-0.15, -0.1) is 0 Å². The summed E-state index contributed by atoms with van der Waals surface area (Å²) in [5.74, 6) is 0.0703. The molecule has 4 nitrogen and oxygen atoms in total. The van der Waals surface area contributed by atoms with Gasteiger partial charge in [-0.1, -0.05) is 12.8 Å². The Bertz CT molecular complexity index is 459. The standard InChI is InChI=1S/C15H21FN2O2/c16-12-5-6-14(13(17)9-12)18-15(19)7-8-20-10-11-3-1-2-4-11/h5-6,9,11H,1-4,7-8,10,17H2,(H,18,19). The number of hydrogen-bond acceptors (Lipinski definition) is 3. The van der Waals surface area contributed by atoms with Gasteiger partial charge in [0.15, 0.2) is 0 Å². The van der Waals surface area contributed by atoms with Crippen molar-refractivity contribution in [2.45, 2.75) is 32.1 Å². The summed E-state index contributed by atoms with van der Waals surface area (Å²) in [5.41, 5.74) is 6.29. The number of carbonyl (C=O) groups excluding carboxylic acids is 1. The third kappa shape index (κ3) is 4.49. The lowest BCUT2D eigenvalue weighted by Crippen LogP contribution is -2.16. The number of anilines is 2. The van der Waals surface area contributed by atoms with Crippen LogP contribution < -0.4 is 11.1 Å². The van der Waals surface area contributed by atoms with E-state index in [1.807, 2.05) is 0 Å². The molecule has 0 saturated heterocycles. The zero-order chi connectivity index (χ0) is 14.4. The summed E-state index contributed by atoms with van der Waals surface area (Å²) < 4.78 is 18.4. The van der Waals surface area contributed by atoms with Crippen LogP contribution in [0.15, 0.2) is 18.2 Å². The van der Waals surface area contributed by atoms with E-state index >= 15 is 0 Å². The van der Waals surface area contributed by atoms with E-state index in [2.05, 4.69) is 5.32 Å². The first-order valence-corrected chi connectivity index (χ1v) is 7.08. The molecule has 20 heavy (non-hydrogen) atoms. The van der Waals surface area contributed by atoms with Crippen molar-refractivity contribution in [2.75, 3.05) is 24.3 Å². The van der Waals surface area contributed by atoms with Gasteiger partial charge in [0.05, 0.1) is 24.4 Å². The Kier molecular flexibility index (Phi) is 5.35. The highest BCUT2D eigenvalue weighted by Gasteiger charge is 2.15. The largest absolute Gasteiger partial charge is 0.397 e. The predicted octanol–water partition coefficient (Wildman–Crippen LogP) is 2.94. The predicted molar refractivity (Wildman–Crippen MR) is 76.8 cm³/mol. The molecule has 3 N–H and O–H groups in total. The van der Waals surface area contributed by atoms with Crippen LogP contribution in [0.1, 0.15) is 32.1 Å². The van der Waals surface area contributed by atoms with E-state index in [0.717, 1.165) is 6.61 Å². The van der Waals surface area contributed by atoms with Gasteiger partial charge in [-0.3, -0.25) is 4.79 Å². The number of hydrogen-bond donors (Lipinski definition) is 2. The first-order valence-electron chi connectivity index (χ1n) is 7.08.